The number of halogens is 4. The maximum absolute atomic E-state index is 12.4. The molecule has 0 unspecified atom stereocenters. The molecule has 2 rings (SSSR count). The normalized spacial score (nSPS) is 11.4. The van der Waals surface area contributed by atoms with Crippen molar-refractivity contribution in [3.05, 3.63) is 64.4 Å². The van der Waals surface area contributed by atoms with E-state index in [4.69, 9.17) is 11.6 Å². The number of hydrogen-bond donors (Lipinski definition) is 0. The second kappa shape index (κ2) is 6.26. The first-order valence-electron chi connectivity index (χ1n) is 6.12. The number of alkyl halides is 3. The van der Waals surface area contributed by atoms with Crippen molar-refractivity contribution in [2.24, 2.45) is 0 Å². The fourth-order valence-electron chi connectivity index (χ4n) is 1.86. The van der Waals surface area contributed by atoms with Crippen LogP contribution in [0.15, 0.2) is 42.7 Å². The zero-order chi connectivity index (χ0) is 15.5. The number of pyridine rings is 1. The second-order valence-corrected chi connectivity index (χ2v) is 4.96. The van der Waals surface area contributed by atoms with Crippen molar-refractivity contribution in [1.29, 1.82) is 0 Å². The summed E-state index contributed by atoms with van der Waals surface area (Å²) in [4.78, 5) is 15.7. The van der Waals surface area contributed by atoms with Crippen LogP contribution in [0.4, 0.5) is 13.2 Å². The third-order valence-electron chi connectivity index (χ3n) is 2.93. The third kappa shape index (κ3) is 4.29. The maximum atomic E-state index is 12.4. The van der Waals surface area contributed by atoms with E-state index in [2.05, 4.69) is 4.98 Å². The average Bonchev–Trinajstić information content (AvgIpc) is 2.41. The number of nitrogens with zero attached hydrogens (tertiary/aromatic N) is 1. The van der Waals surface area contributed by atoms with Crippen molar-refractivity contribution < 1.29 is 18.0 Å². The Morgan fingerprint density at radius 1 is 1.10 bits per heavy atom. The van der Waals surface area contributed by atoms with Crippen molar-refractivity contribution in [3.8, 4) is 0 Å². The molecule has 0 spiro atoms. The number of benzene rings is 1. The predicted octanol–water partition coefficient (Wildman–Crippen LogP) is 4.11. The van der Waals surface area contributed by atoms with Crippen molar-refractivity contribution >= 4 is 17.4 Å². The van der Waals surface area contributed by atoms with Crippen LogP contribution in [0.2, 0.25) is 5.02 Å². The minimum atomic E-state index is -4.37. The van der Waals surface area contributed by atoms with E-state index in [1.165, 1.54) is 24.5 Å². The molecule has 1 aromatic heterocycles. The van der Waals surface area contributed by atoms with Gasteiger partial charge in [-0.3, -0.25) is 9.78 Å². The highest BCUT2D eigenvalue weighted by atomic mass is 35.5. The Hall–Kier alpha value is -1.88. The van der Waals surface area contributed by atoms with Crippen LogP contribution < -0.4 is 0 Å². The van der Waals surface area contributed by atoms with E-state index in [-0.39, 0.29) is 18.6 Å². The lowest BCUT2D eigenvalue weighted by Crippen LogP contribution is -2.08. The highest BCUT2D eigenvalue weighted by molar-refractivity contribution is 6.31. The Balaban J connectivity index is 2.02. The first-order valence-corrected chi connectivity index (χ1v) is 6.50. The summed E-state index contributed by atoms with van der Waals surface area (Å²) in [5, 5.41) is 0.401. The predicted molar refractivity (Wildman–Crippen MR) is 73.1 cm³/mol. The second-order valence-electron chi connectivity index (χ2n) is 4.55. The third-order valence-corrected chi connectivity index (χ3v) is 3.27. The van der Waals surface area contributed by atoms with Gasteiger partial charge in [0.2, 0.25) is 0 Å². The van der Waals surface area contributed by atoms with Gasteiger partial charge in [0, 0.05) is 25.2 Å². The number of Topliss-reactive ketones (excluding diaryl/α,β-unsaturated/α-hetero) is 1. The number of aromatic nitrogens is 1. The molecule has 1 heterocycles. The van der Waals surface area contributed by atoms with Crippen molar-refractivity contribution in [3.63, 3.8) is 0 Å². The molecule has 0 amide bonds. The van der Waals surface area contributed by atoms with E-state index in [0.717, 1.165) is 12.1 Å². The number of carbonyl (C=O) groups is 1. The van der Waals surface area contributed by atoms with Crippen LogP contribution >= 0.6 is 11.6 Å². The van der Waals surface area contributed by atoms with E-state index in [9.17, 15) is 18.0 Å². The monoisotopic (exact) mass is 313 g/mol. The molecule has 2 aromatic rings. The molecule has 0 fully saturated rings. The molecule has 0 aliphatic carbocycles. The lowest BCUT2D eigenvalue weighted by atomic mass is 10.0. The van der Waals surface area contributed by atoms with E-state index in [1.54, 1.807) is 6.07 Å². The lowest BCUT2D eigenvalue weighted by Gasteiger charge is -2.07. The molecule has 2 nitrogen and oxygen atoms in total. The first-order chi connectivity index (χ1) is 9.86. The Morgan fingerprint density at radius 2 is 1.76 bits per heavy atom. The van der Waals surface area contributed by atoms with Crippen LogP contribution in [-0.2, 0) is 23.8 Å². The van der Waals surface area contributed by atoms with Crippen LogP contribution in [0.1, 0.15) is 16.7 Å². The number of rotatable bonds is 4. The number of carbonyl (C=O) groups excluding carboxylic acids is 1. The van der Waals surface area contributed by atoms with Gasteiger partial charge in [-0.05, 0) is 29.3 Å². The Labute approximate surface area is 124 Å². The Kier molecular flexibility index (Phi) is 4.63. The van der Waals surface area contributed by atoms with Crippen molar-refractivity contribution in [2.45, 2.75) is 19.0 Å². The summed E-state index contributed by atoms with van der Waals surface area (Å²) in [7, 11) is 0. The van der Waals surface area contributed by atoms with Crippen LogP contribution in [0.3, 0.4) is 0 Å². The summed E-state index contributed by atoms with van der Waals surface area (Å²) >= 11 is 5.90. The maximum Gasteiger partial charge on any atom is 0.416 e. The van der Waals surface area contributed by atoms with Gasteiger partial charge in [0.05, 0.1) is 10.6 Å². The topological polar surface area (TPSA) is 30.0 Å². The van der Waals surface area contributed by atoms with Gasteiger partial charge in [0.25, 0.3) is 0 Å². The van der Waals surface area contributed by atoms with Crippen LogP contribution in [-0.4, -0.2) is 10.8 Å². The molecule has 0 saturated heterocycles. The summed E-state index contributed by atoms with van der Waals surface area (Å²) in [6.07, 6.45) is -1.19. The molecule has 0 saturated carbocycles. The molecule has 1 aromatic carbocycles. The molecule has 0 bridgehead atoms. The van der Waals surface area contributed by atoms with Crippen LogP contribution in [0.25, 0.3) is 0 Å². The molecule has 21 heavy (non-hydrogen) atoms. The Bertz CT molecular complexity index is 638. The largest absolute Gasteiger partial charge is 0.416 e. The number of ketones is 1. The van der Waals surface area contributed by atoms with E-state index >= 15 is 0 Å². The SMILES string of the molecule is O=C(Cc1ccc(C(F)(F)F)cc1)Cc1ccncc1Cl. The van der Waals surface area contributed by atoms with Gasteiger partial charge in [-0.25, -0.2) is 0 Å². The van der Waals surface area contributed by atoms with E-state index in [1.807, 2.05) is 0 Å². The summed E-state index contributed by atoms with van der Waals surface area (Å²) in [5.74, 6) is -0.122. The summed E-state index contributed by atoms with van der Waals surface area (Å²) in [6.45, 7) is 0. The average molecular weight is 314 g/mol. The quantitative estimate of drug-likeness (QED) is 0.850. The van der Waals surface area contributed by atoms with Gasteiger partial charge in [-0.15, -0.1) is 0 Å². The summed E-state index contributed by atoms with van der Waals surface area (Å²) in [5.41, 5.74) is 0.470. The highest BCUT2D eigenvalue weighted by Gasteiger charge is 2.29. The fourth-order valence-corrected chi connectivity index (χ4v) is 2.05. The van der Waals surface area contributed by atoms with Crippen LogP contribution in [0.5, 0.6) is 0 Å². The zero-order valence-corrected chi connectivity index (χ0v) is 11.6. The zero-order valence-electron chi connectivity index (χ0n) is 10.8. The molecular formula is C15H11ClF3NO. The molecule has 0 aliphatic heterocycles. The molecule has 0 N–H and O–H groups in total. The minimum Gasteiger partial charge on any atom is -0.299 e. The van der Waals surface area contributed by atoms with Gasteiger partial charge in [-0.2, -0.15) is 13.2 Å². The van der Waals surface area contributed by atoms with Gasteiger partial charge in [0.1, 0.15) is 5.78 Å². The first kappa shape index (κ1) is 15.5. The highest BCUT2D eigenvalue weighted by Crippen LogP contribution is 2.29. The van der Waals surface area contributed by atoms with Gasteiger partial charge < -0.3 is 0 Å². The molecular weight excluding hydrogens is 303 g/mol. The summed E-state index contributed by atoms with van der Waals surface area (Å²) in [6, 6.07) is 6.22. The molecule has 110 valence electrons. The molecule has 0 atom stereocenters. The number of hydrogen-bond acceptors (Lipinski definition) is 2. The lowest BCUT2D eigenvalue weighted by molar-refractivity contribution is -0.137. The fraction of sp³-hybridized carbons (Fsp3) is 0.200. The van der Waals surface area contributed by atoms with E-state index < -0.39 is 11.7 Å². The van der Waals surface area contributed by atoms with Gasteiger partial charge in [0.15, 0.2) is 0 Å². The van der Waals surface area contributed by atoms with Crippen LogP contribution in [0, 0.1) is 0 Å². The Morgan fingerprint density at radius 3 is 2.33 bits per heavy atom. The minimum absolute atomic E-state index is 0.0663. The van der Waals surface area contributed by atoms with Crippen molar-refractivity contribution in [2.75, 3.05) is 0 Å². The molecule has 0 aliphatic rings. The van der Waals surface area contributed by atoms with Crippen molar-refractivity contribution in [1.82, 2.24) is 4.98 Å². The standard InChI is InChI=1S/C15H11ClF3NO/c16-14-9-20-6-5-11(14)8-13(21)7-10-1-3-12(4-2-10)15(17,18)19/h1-6,9H,7-8H2. The van der Waals surface area contributed by atoms with Gasteiger partial charge >= 0.3 is 6.18 Å². The molecule has 0 radical (unpaired) electrons. The summed E-state index contributed by atoms with van der Waals surface area (Å²) < 4.78 is 37.3. The van der Waals surface area contributed by atoms with E-state index in [0.29, 0.717) is 16.1 Å². The van der Waals surface area contributed by atoms with Gasteiger partial charge in [-0.1, -0.05) is 23.7 Å². The molecule has 6 heteroatoms. The smallest absolute Gasteiger partial charge is 0.299 e.